The van der Waals surface area contributed by atoms with E-state index >= 15 is 0 Å². The van der Waals surface area contributed by atoms with Gasteiger partial charge in [0.15, 0.2) is 0 Å². The molecule has 1 saturated heterocycles. The van der Waals surface area contributed by atoms with E-state index in [0.717, 1.165) is 35.7 Å². The van der Waals surface area contributed by atoms with Crippen molar-refractivity contribution < 1.29 is 19.4 Å². The summed E-state index contributed by atoms with van der Waals surface area (Å²) >= 11 is 3.21. The summed E-state index contributed by atoms with van der Waals surface area (Å²) in [4.78, 5) is 28.2. The molecule has 0 bridgehead atoms. The highest BCUT2D eigenvalue weighted by Gasteiger charge is 2.43. The van der Waals surface area contributed by atoms with Gasteiger partial charge in [-0.15, -0.1) is 11.8 Å². The lowest BCUT2D eigenvalue weighted by Crippen LogP contribution is -2.40. The van der Waals surface area contributed by atoms with Crippen LogP contribution < -0.4 is 0 Å². The predicted molar refractivity (Wildman–Crippen MR) is 134 cm³/mol. The monoisotopic (exact) mass is 483 g/mol. The van der Waals surface area contributed by atoms with E-state index in [1.54, 1.807) is 0 Å². The SMILES string of the molecule is O=C(CCC1(c2ccccc2)CC(O)=C(SCc2ccccc2)C(=O)O1)CN1CCSCC1. The molecule has 1 atom stereocenters. The van der Waals surface area contributed by atoms with Crippen molar-refractivity contribution in [3.8, 4) is 0 Å². The molecule has 0 aromatic heterocycles. The van der Waals surface area contributed by atoms with Gasteiger partial charge in [0, 0.05) is 36.8 Å². The van der Waals surface area contributed by atoms with Crippen LogP contribution in [0.25, 0.3) is 0 Å². The smallest absolute Gasteiger partial charge is 0.348 e. The summed E-state index contributed by atoms with van der Waals surface area (Å²) in [5.74, 6) is 2.34. The second-order valence-corrected chi connectivity index (χ2v) is 10.6. The lowest BCUT2D eigenvalue weighted by atomic mass is 9.83. The van der Waals surface area contributed by atoms with Crippen LogP contribution in [0, 0.1) is 0 Å². The van der Waals surface area contributed by atoms with Gasteiger partial charge in [-0.3, -0.25) is 9.69 Å². The molecule has 7 heteroatoms. The van der Waals surface area contributed by atoms with Crippen molar-refractivity contribution in [3.05, 3.63) is 82.5 Å². The van der Waals surface area contributed by atoms with E-state index in [0.29, 0.717) is 25.1 Å². The van der Waals surface area contributed by atoms with Gasteiger partial charge in [-0.05, 0) is 17.5 Å². The topological polar surface area (TPSA) is 66.8 Å². The minimum Gasteiger partial charge on any atom is -0.511 e. The Bertz CT molecular complexity index is 990. The van der Waals surface area contributed by atoms with Crippen molar-refractivity contribution in [1.29, 1.82) is 0 Å². The second-order valence-electron chi connectivity index (χ2n) is 8.40. The fraction of sp³-hybridized carbons (Fsp3) is 0.385. The molecule has 174 valence electrons. The fourth-order valence-corrected chi connectivity index (χ4v) is 6.10. The third-order valence-corrected chi connectivity index (χ3v) is 8.14. The van der Waals surface area contributed by atoms with E-state index in [-0.39, 0.29) is 22.9 Å². The van der Waals surface area contributed by atoms with Crippen LogP contribution in [-0.4, -0.2) is 52.9 Å². The Kier molecular flexibility index (Phi) is 8.17. The standard InChI is InChI=1S/C26H29NO4S2/c28-22(18-27-13-15-32-16-14-27)11-12-26(21-9-5-2-6-10-21)17-23(29)24(25(30)31-26)33-19-20-7-3-1-4-8-20/h1-10,29H,11-19H2. The average Bonchev–Trinajstić information content (AvgIpc) is 2.84. The summed E-state index contributed by atoms with van der Waals surface area (Å²) in [7, 11) is 0. The second kappa shape index (κ2) is 11.3. The summed E-state index contributed by atoms with van der Waals surface area (Å²) in [6, 6.07) is 19.3. The molecule has 0 spiro atoms. The number of cyclic esters (lactones) is 1. The molecule has 1 unspecified atom stereocenters. The first-order valence-electron chi connectivity index (χ1n) is 11.3. The van der Waals surface area contributed by atoms with Gasteiger partial charge in [-0.2, -0.15) is 11.8 Å². The normalized spacial score (nSPS) is 21.6. The largest absolute Gasteiger partial charge is 0.511 e. The summed E-state index contributed by atoms with van der Waals surface area (Å²) in [5, 5.41) is 10.9. The summed E-state index contributed by atoms with van der Waals surface area (Å²) in [6.07, 6.45) is 0.823. The van der Waals surface area contributed by atoms with E-state index in [1.807, 2.05) is 72.4 Å². The Hall–Kier alpha value is -2.22. The van der Waals surface area contributed by atoms with Crippen LogP contribution >= 0.6 is 23.5 Å². The molecule has 2 aliphatic rings. The van der Waals surface area contributed by atoms with E-state index in [9.17, 15) is 14.7 Å². The van der Waals surface area contributed by atoms with E-state index in [2.05, 4.69) is 4.90 Å². The maximum Gasteiger partial charge on any atom is 0.348 e. The molecule has 2 aromatic carbocycles. The molecule has 2 aromatic rings. The van der Waals surface area contributed by atoms with Gasteiger partial charge >= 0.3 is 5.97 Å². The van der Waals surface area contributed by atoms with Crippen LogP contribution in [0.3, 0.4) is 0 Å². The van der Waals surface area contributed by atoms with Gasteiger partial charge in [-0.1, -0.05) is 60.7 Å². The number of Topliss-reactive ketones (excluding diaryl/α,β-unsaturated/α-hetero) is 1. The Labute approximate surface area is 203 Å². The highest BCUT2D eigenvalue weighted by Crippen LogP contribution is 2.44. The highest BCUT2D eigenvalue weighted by molar-refractivity contribution is 8.03. The number of nitrogens with zero attached hydrogens (tertiary/aromatic N) is 1. The quantitative estimate of drug-likeness (QED) is 0.507. The average molecular weight is 484 g/mol. The molecule has 5 nitrogen and oxygen atoms in total. The first-order chi connectivity index (χ1) is 16.1. The van der Waals surface area contributed by atoms with Crippen LogP contribution in [0.1, 0.15) is 30.4 Å². The zero-order valence-corrected chi connectivity index (χ0v) is 20.2. The fourth-order valence-electron chi connectivity index (χ4n) is 4.22. The van der Waals surface area contributed by atoms with E-state index in [4.69, 9.17) is 4.74 Å². The van der Waals surface area contributed by atoms with Gasteiger partial charge in [0.25, 0.3) is 0 Å². The molecule has 2 aliphatic heterocycles. The maximum atomic E-state index is 13.0. The van der Waals surface area contributed by atoms with Crippen LogP contribution in [0.15, 0.2) is 71.3 Å². The molecule has 0 aliphatic carbocycles. The predicted octanol–water partition coefficient (Wildman–Crippen LogP) is 4.93. The maximum absolute atomic E-state index is 13.0. The van der Waals surface area contributed by atoms with Crippen molar-refractivity contribution in [2.24, 2.45) is 0 Å². The lowest BCUT2D eigenvalue weighted by molar-refractivity contribution is -0.161. The molecule has 33 heavy (non-hydrogen) atoms. The summed E-state index contributed by atoms with van der Waals surface area (Å²) in [5.41, 5.74) is 0.837. The Morgan fingerprint density at radius 2 is 1.73 bits per heavy atom. The van der Waals surface area contributed by atoms with Crippen molar-refractivity contribution in [3.63, 3.8) is 0 Å². The number of benzene rings is 2. The van der Waals surface area contributed by atoms with Gasteiger partial charge < -0.3 is 9.84 Å². The van der Waals surface area contributed by atoms with Crippen LogP contribution in [-0.2, 0) is 25.7 Å². The Balaban J connectivity index is 1.48. The molecular weight excluding hydrogens is 454 g/mol. The third-order valence-electron chi connectivity index (χ3n) is 6.03. The number of rotatable bonds is 9. The zero-order valence-electron chi connectivity index (χ0n) is 18.6. The van der Waals surface area contributed by atoms with Gasteiger partial charge in [0.2, 0.25) is 0 Å². The van der Waals surface area contributed by atoms with Gasteiger partial charge in [-0.25, -0.2) is 4.79 Å². The molecule has 0 radical (unpaired) electrons. The minimum atomic E-state index is -1.04. The Morgan fingerprint density at radius 1 is 1.06 bits per heavy atom. The first-order valence-corrected chi connectivity index (χ1v) is 13.4. The van der Waals surface area contributed by atoms with Crippen LogP contribution in [0.2, 0.25) is 0 Å². The number of hydrogen-bond acceptors (Lipinski definition) is 7. The number of carbonyl (C=O) groups is 2. The molecule has 4 rings (SSSR count). The molecule has 2 heterocycles. The van der Waals surface area contributed by atoms with Gasteiger partial charge in [0.1, 0.15) is 22.0 Å². The number of aliphatic hydroxyl groups excluding tert-OH is 1. The van der Waals surface area contributed by atoms with Gasteiger partial charge in [0.05, 0.1) is 13.0 Å². The molecule has 1 fully saturated rings. The molecule has 0 saturated carbocycles. The van der Waals surface area contributed by atoms with Crippen LogP contribution in [0.5, 0.6) is 0 Å². The first kappa shape index (κ1) is 23.9. The zero-order chi connectivity index (χ0) is 23.1. The number of carbonyl (C=O) groups excluding carboxylic acids is 2. The minimum absolute atomic E-state index is 0.0385. The summed E-state index contributed by atoms with van der Waals surface area (Å²) < 4.78 is 6.03. The third kappa shape index (κ3) is 6.22. The van der Waals surface area contributed by atoms with Crippen molar-refractivity contribution in [1.82, 2.24) is 4.90 Å². The van der Waals surface area contributed by atoms with E-state index in [1.165, 1.54) is 11.8 Å². The summed E-state index contributed by atoms with van der Waals surface area (Å²) in [6.45, 7) is 2.29. The number of thioether (sulfide) groups is 2. The van der Waals surface area contributed by atoms with Crippen LogP contribution in [0.4, 0.5) is 0 Å². The number of hydrogen-bond donors (Lipinski definition) is 1. The van der Waals surface area contributed by atoms with Crippen molar-refractivity contribution in [2.45, 2.75) is 30.6 Å². The highest BCUT2D eigenvalue weighted by atomic mass is 32.2. The number of ketones is 1. The van der Waals surface area contributed by atoms with E-state index < -0.39 is 11.6 Å². The molecular formula is C26H29NO4S2. The number of ether oxygens (including phenoxy) is 1. The molecule has 1 N–H and O–H groups in total. The molecule has 0 amide bonds. The lowest BCUT2D eigenvalue weighted by Gasteiger charge is -2.37. The Morgan fingerprint density at radius 3 is 2.39 bits per heavy atom. The van der Waals surface area contributed by atoms with Crippen molar-refractivity contribution >= 4 is 35.3 Å². The van der Waals surface area contributed by atoms with Crippen molar-refractivity contribution in [2.75, 3.05) is 31.1 Å². The number of esters is 1. The number of aliphatic hydroxyl groups is 1.